The van der Waals surface area contributed by atoms with Crippen LogP contribution in [0.2, 0.25) is 0 Å². The minimum absolute atomic E-state index is 0.0962. The molecule has 20 nitrogen and oxygen atoms in total. The number of rotatable bonds is 4. The van der Waals surface area contributed by atoms with E-state index in [9.17, 15) is 78.6 Å². The van der Waals surface area contributed by atoms with Crippen molar-refractivity contribution in [2.75, 3.05) is 13.2 Å². The Balaban J connectivity index is 1.26. The Bertz CT molecular complexity index is 3430. The lowest BCUT2D eigenvalue weighted by atomic mass is 9.60. The fourth-order valence-corrected chi connectivity index (χ4v) is 14.0. The molecule has 4 heterocycles. The van der Waals surface area contributed by atoms with Crippen molar-refractivity contribution < 1.29 is 97.5 Å². The number of aldehydes is 2. The molecule has 0 aromatic rings. The van der Waals surface area contributed by atoms with E-state index in [-0.39, 0.29) is 48.0 Å². The van der Waals surface area contributed by atoms with Crippen molar-refractivity contribution in [3.05, 3.63) is 164 Å². The number of aliphatic hydroxyl groups excluding tert-OH is 6. The Hall–Kier alpha value is -8.62. The summed E-state index contributed by atoms with van der Waals surface area (Å²) >= 11 is 0. The molecule has 12 unspecified atom stereocenters. The SMILES string of the molecule is CC1=CC=CC2(C)C=C(CO)C(C)CC23OC(=O)C(=C(O)C=CC2(C)C=C(C=O)C(C)CC24OC(=O)C(=C(O)C(C)=CC=CC2(C)C=C(CO)C(C)CC25OC(=O)C(=C(O)C=CC2(C)C=C(C=O)C(C)CC26OC(=O)C(=C1O)C6=O)C5=O)C4=O)C3=O. The van der Waals surface area contributed by atoms with Crippen molar-refractivity contribution in [2.45, 2.75) is 117 Å². The van der Waals surface area contributed by atoms with Gasteiger partial charge in [0, 0.05) is 25.7 Å². The molecule has 12 atom stereocenters. The zero-order chi connectivity index (χ0) is 63.4. The predicted octanol–water partition coefficient (Wildman–Crippen LogP) is 7.10. The maximum atomic E-state index is 15.0. The molecule has 4 fully saturated rings. The molecule has 4 aliphatic heterocycles. The fraction of sp³-hybridized carbons (Fsp3) is 0.424. The van der Waals surface area contributed by atoms with Gasteiger partial charge in [-0.3, -0.25) is 28.8 Å². The third-order valence-electron chi connectivity index (χ3n) is 19.5. The number of fused-ring (bicyclic) bond motifs is 4. The van der Waals surface area contributed by atoms with Crippen molar-refractivity contribution >= 4 is 59.6 Å². The Kier molecular flexibility index (Phi) is 15.2. The van der Waals surface area contributed by atoms with Crippen molar-refractivity contribution in [2.24, 2.45) is 45.3 Å². The highest BCUT2D eigenvalue weighted by atomic mass is 16.6. The number of ketones is 4. The van der Waals surface area contributed by atoms with Crippen LogP contribution in [0.4, 0.5) is 0 Å². The Morgan fingerprint density at radius 3 is 1.02 bits per heavy atom. The second kappa shape index (κ2) is 21.1. The minimum atomic E-state index is -2.21. The number of allylic oxidation sites excluding steroid dienone is 10. The molecule has 0 saturated carbocycles. The van der Waals surface area contributed by atoms with Gasteiger partial charge in [-0.1, -0.05) is 101 Å². The van der Waals surface area contributed by atoms with Crippen LogP contribution in [0, 0.1) is 45.3 Å². The Labute approximate surface area is 495 Å². The molecule has 452 valence electrons. The molecule has 0 aromatic heterocycles. The van der Waals surface area contributed by atoms with Crippen LogP contribution in [0.3, 0.4) is 0 Å². The van der Waals surface area contributed by atoms with E-state index in [1.165, 1.54) is 114 Å². The first kappa shape index (κ1) is 61.9. The standard InChI is InChI=1S/C66H68O20/c1-33-13-11-17-59(7)25-39(29-67)35(3)21-63(59)51(75)45(55(79)83-63)44(72)16-20-62(10)28-42(32-70)38(6)24-66(62)54(78)48(58(82)86-66)50(74)34(2)14-12-18-60(8)26-40(30-68)36(4)22-64(60)52(76)46(56(80)84-64)43(71)15-19-61(9)27-41(31-69)37(5)23-65(61)53(77)47(49(33)73)57(81)85-65/h11-20,25-28,31-32,35-38,67-68,71-74H,21-24,29-30H2,1-10H3. The van der Waals surface area contributed by atoms with E-state index < -0.39 is 173 Å². The number of aliphatic hydroxyl groups is 6. The van der Waals surface area contributed by atoms with Crippen molar-refractivity contribution in [3.63, 3.8) is 0 Å². The molecule has 9 aliphatic rings. The number of carbonyl (C=O) groups excluding carboxylic acids is 10. The van der Waals surface area contributed by atoms with E-state index in [2.05, 4.69) is 0 Å². The number of hydrogen-bond acceptors (Lipinski definition) is 20. The van der Waals surface area contributed by atoms with Crippen molar-refractivity contribution in [3.8, 4) is 0 Å². The van der Waals surface area contributed by atoms with Gasteiger partial charge in [-0.2, -0.15) is 0 Å². The molecule has 9 rings (SSSR count). The monoisotopic (exact) mass is 1180 g/mol. The topological polar surface area (TPSA) is 329 Å². The third-order valence-corrected chi connectivity index (χ3v) is 19.5. The number of carbonyl (C=O) groups is 10. The molecule has 0 aromatic carbocycles. The van der Waals surface area contributed by atoms with Crippen LogP contribution in [0.5, 0.6) is 0 Å². The molecule has 5 aliphatic carbocycles. The average molecular weight is 1180 g/mol. The van der Waals surface area contributed by atoms with Crippen LogP contribution in [0.25, 0.3) is 0 Å². The summed E-state index contributed by atoms with van der Waals surface area (Å²) in [6, 6.07) is 0. The number of ether oxygens (including phenoxy) is 4. The number of Topliss-reactive ketones (excluding diaryl/α,β-unsaturated/α-hetero) is 4. The number of esters is 4. The molecule has 4 spiro atoms. The highest BCUT2D eigenvalue weighted by Crippen LogP contribution is 2.58. The highest BCUT2D eigenvalue weighted by Gasteiger charge is 2.68. The predicted molar refractivity (Wildman–Crippen MR) is 304 cm³/mol. The summed E-state index contributed by atoms with van der Waals surface area (Å²) in [5.41, 5.74) is -17.8. The van der Waals surface area contributed by atoms with E-state index in [0.29, 0.717) is 23.7 Å². The zero-order valence-corrected chi connectivity index (χ0v) is 49.2. The molecule has 86 heavy (non-hydrogen) atoms. The summed E-state index contributed by atoms with van der Waals surface area (Å²) in [5, 5.41) is 68.4. The maximum absolute atomic E-state index is 15.0. The van der Waals surface area contributed by atoms with E-state index in [1.807, 2.05) is 0 Å². The van der Waals surface area contributed by atoms with Gasteiger partial charge in [0.15, 0.2) is 22.4 Å². The van der Waals surface area contributed by atoms with Gasteiger partial charge >= 0.3 is 23.9 Å². The van der Waals surface area contributed by atoms with E-state index in [4.69, 9.17) is 18.9 Å². The Morgan fingerprint density at radius 2 is 0.721 bits per heavy atom. The summed E-state index contributed by atoms with van der Waals surface area (Å²) in [7, 11) is 0. The lowest BCUT2D eigenvalue weighted by Crippen LogP contribution is -2.53. The molecule has 0 radical (unpaired) electrons. The summed E-state index contributed by atoms with van der Waals surface area (Å²) in [5.74, 6) is -15.2. The zero-order valence-electron chi connectivity index (χ0n) is 49.2. The van der Waals surface area contributed by atoms with Crippen LogP contribution >= 0.6 is 0 Å². The second-order valence-electron chi connectivity index (χ2n) is 25.1. The summed E-state index contributed by atoms with van der Waals surface area (Å²) < 4.78 is 24.0. The summed E-state index contributed by atoms with van der Waals surface area (Å²) in [6.07, 6.45) is 18.1. The largest absolute Gasteiger partial charge is 0.507 e. The molecule has 6 N–H and O–H groups in total. The van der Waals surface area contributed by atoms with Crippen LogP contribution in [-0.2, 0) is 66.9 Å². The van der Waals surface area contributed by atoms with Crippen molar-refractivity contribution in [1.29, 1.82) is 0 Å². The first-order valence-electron chi connectivity index (χ1n) is 28.2. The van der Waals surface area contributed by atoms with Gasteiger partial charge in [-0.15, -0.1) is 0 Å². The van der Waals surface area contributed by atoms with Gasteiger partial charge in [0.25, 0.3) is 0 Å². The number of hydrogen-bond donors (Lipinski definition) is 6. The van der Waals surface area contributed by atoms with Crippen LogP contribution in [0.15, 0.2) is 164 Å². The quantitative estimate of drug-likeness (QED) is 0.0537. The van der Waals surface area contributed by atoms with Gasteiger partial charge < -0.3 is 49.6 Å². The smallest absolute Gasteiger partial charge is 0.346 e. The highest BCUT2D eigenvalue weighted by molar-refractivity contribution is 6.29. The van der Waals surface area contributed by atoms with Gasteiger partial charge in [0.05, 0.1) is 34.9 Å². The van der Waals surface area contributed by atoms with Crippen LogP contribution < -0.4 is 0 Å². The molecule has 8 bridgehead atoms. The van der Waals surface area contributed by atoms with Crippen LogP contribution in [-0.4, -0.2) is 126 Å². The van der Waals surface area contributed by atoms with E-state index >= 15 is 0 Å². The van der Waals surface area contributed by atoms with E-state index in [0.717, 1.165) is 12.2 Å². The molecule has 0 amide bonds. The Morgan fingerprint density at radius 1 is 0.442 bits per heavy atom. The minimum Gasteiger partial charge on any atom is -0.507 e. The molecule has 20 heteroatoms. The van der Waals surface area contributed by atoms with E-state index in [1.54, 1.807) is 27.7 Å². The first-order chi connectivity index (χ1) is 40.2. The normalized spacial score (nSPS) is 37.8. The average Bonchev–Trinajstić information content (AvgIpc) is 1.52. The van der Waals surface area contributed by atoms with Crippen molar-refractivity contribution in [1.82, 2.24) is 0 Å². The van der Waals surface area contributed by atoms with Gasteiger partial charge in [-0.25, -0.2) is 19.2 Å². The summed E-state index contributed by atoms with van der Waals surface area (Å²) in [4.78, 5) is 141. The van der Waals surface area contributed by atoms with Gasteiger partial charge in [-0.05, 0) is 111 Å². The molecule has 4 saturated heterocycles. The molecular formula is C66H68O20. The lowest BCUT2D eigenvalue weighted by molar-refractivity contribution is -0.162. The van der Waals surface area contributed by atoms with Gasteiger partial charge in [0.2, 0.25) is 23.1 Å². The molecular weight excluding hydrogens is 1110 g/mol. The maximum Gasteiger partial charge on any atom is 0.346 e. The second-order valence-corrected chi connectivity index (χ2v) is 25.1. The van der Waals surface area contributed by atoms with Gasteiger partial charge in [0.1, 0.15) is 57.9 Å². The third kappa shape index (κ3) is 8.83. The lowest BCUT2D eigenvalue weighted by Gasteiger charge is -2.45. The van der Waals surface area contributed by atoms with Crippen LogP contribution in [0.1, 0.15) is 94.9 Å². The fourth-order valence-electron chi connectivity index (χ4n) is 14.0. The summed E-state index contributed by atoms with van der Waals surface area (Å²) in [6.45, 7) is 14.2. The first-order valence-corrected chi connectivity index (χ1v) is 28.2.